The molecule has 25 heavy (non-hydrogen) atoms. The largest absolute Gasteiger partial charge is 0.338 e. The lowest BCUT2D eigenvalue weighted by Gasteiger charge is -2.08. The van der Waals surface area contributed by atoms with Gasteiger partial charge in [0, 0.05) is 11.3 Å². The van der Waals surface area contributed by atoms with Crippen LogP contribution in [-0.2, 0) is 0 Å². The molecule has 0 bridgehead atoms. The minimum atomic E-state index is 0.638. The van der Waals surface area contributed by atoms with Crippen molar-refractivity contribution in [2.45, 2.75) is 0 Å². The minimum Gasteiger partial charge on any atom is -0.338 e. The molecule has 0 unspecified atom stereocenters. The first kappa shape index (κ1) is 13.6. The molecule has 0 aliphatic rings. The lowest BCUT2D eigenvalue weighted by atomic mass is 10.2. The molecule has 2 aromatic carbocycles. The number of nitrogens with one attached hydrogen (secondary N) is 3. The van der Waals surface area contributed by atoms with Gasteiger partial charge in [-0.05, 0) is 18.2 Å². The van der Waals surface area contributed by atoms with Crippen molar-refractivity contribution in [1.82, 2.24) is 35.6 Å². The third-order valence-corrected chi connectivity index (χ3v) is 3.92. The fourth-order valence-electron chi connectivity index (χ4n) is 2.70. The first-order valence-corrected chi connectivity index (χ1v) is 7.71. The molecule has 8 nitrogen and oxygen atoms in total. The Morgan fingerprint density at radius 3 is 2.72 bits per heavy atom. The number of hydrogen-bond donors (Lipinski definition) is 3. The van der Waals surface area contributed by atoms with Crippen molar-refractivity contribution < 1.29 is 0 Å². The van der Waals surface area contributed by atoms with E-state index in [9.17, 15) is 0 Å². The summed E-state index contributed by atoms with van der Waals surface area (Å²) in [5.41, 5.74) is 4.96. The van der Waals surface area contributed by atoms with Gasteiger partial charge >= 0.3 is 0 Å². The first-order chi connectivity index (χ1) is 12.4. The van der Waals surface area contributed by atoms with Crippen LogP contribution >= 0.6 is 0 Å². The van der Waals surface area contributed by atoms with Crippen LogP contribution < -0.4 is 5.32 Å². The molecule has 3 aromatic heterocycles. The Bertz CT molecular complexity index is 1180. The van der Waals surface area contributed by atoms with E-state index in [-0.39, 0.29) is 0 Å². The summed E-state index contributed by atoms with van der Waals surface area (Å²) >= 11 is 0. The summed E-state index contributed by atoms with van der Waals surface area (Å²) in [6, 6.07) is 15.6. The van der Waals surface area contributed by atoms with Gasteiger partial charge in [-0.3, -0.25) is 10.2 Å². The normalized spacial score (nSPS) is 11.2. The van der Waals surface area contributed by atoms with E-state index >= 15 is 0 Å². The molecule has 5 rings (SSSR count). The number of anilines is 2. The summed E-state index contributed by atoms with van der Waals surface area (Å²) in [4.78, 5) is 9.25. The van der Waals surface area contributed by atoms with Crippen LogP contribution in [0.4, 0.5) is 11.5 Å². The second-order valence-electron chi connectivity index (χ2n) is 5.56. The van der Waals surface area contributed by atoms with Gasteiger partial charge in [-0.2, -0.15) is 5.10 Å². The highest BCUT2D eigenvalue weighted by atomic mass is 15.3. The zero-order valence-corrected chi connectivity index (χ0v) is 12.9. The number of rotatable bonds is 3. The Morgan fingerprint density at radius 1 is 0.880 bits per heavy atom. The molecule has 0 atom stereocenters. The van der Waals surface area contributed by atoms with Gasteiger partial charge in [0.25, 0.3) is 0 Å². The minimum absolute atomic E-state index is 0.638. The topological polar surface area (TPSA) is 108 Å². The summed E-state index contributed by atoms with van der Waals surface area (Å²) < 4.78 is 0. The number of hydrogen-bond acceptors (Lipinski definition) is 6. The van der Waals surface area contributed by atoms with Gasteiger partial charge in [0.15, 0.2) is 11.6 Å². The van der Waals surface area contributed by atoms with E-state index in [1.165, 1.54) is 0 Å². The Morgan fingerprint density at radius 2 is 1.80 bits per heavy atom. The molecular formula is C17H12N8. The van der Waals surface area contributed by atoms with Gasteiger partial charge in [-0.15, -0.1) is 5.10 Å². The standard InChI is InChI=1S/C17H12N8/c1-2-4-10(5-3-1)16-20-14-9-18-24-15(14)17(21-16)19-11-6-7-12-13(8-11)23-25-22-12/h1-9H,(H,18,24)(H,19,20,21)(H,22,23,25). The molecule has 0 saturated carbocycles. The van der Waals surface area contributed by atoms with Crippen LogP contribution in [0.15, 0.2) is 54.7 Å². The summed E-state index contributed by atoms with van der Waals surface area (Å²) in [5.74, 6) is 1.30. The summed E-state index contributed by atoms with van der Waals surface area (Å²) in [6.45, 7) is 0. The van der Waals surface area contributed by atoms with Gasteiger partial charge in [0.2, 0.25) is 0 Å². The highest BCUT2D eigenvalue weighted by Crippen LogP contribution is 2.26. The average molecular weight is 328 g/mol. The van der Waals surface area contributed by atoms with Gasteiger partial charge in [-0.1, -0.05) is 35.5 Å². The maximum Gasteiger partial charge on any atom is 0.162 e. The molecule has 0 amide bonds. The number of fused-ring (bicyclic) bond motifs is 2. The van der Waals surface area contributed by atoms with Crippen molar-refractivity contribution in [1.29, 1.82) is 0 Å². The molecule has 3 N–H and O–H groups in total. The summed E-state index contributed by atoms with van der Waals surface area (Å²) in [6.07, 6.45) is 1.69. The van der Waals surface area contributed by atoms with Crippen molar-refractivity contribution in [3.63, 3.8) is 0 Å². The van der Waals surface area contributed by atoms with E-state index in [0.717, 1.165) is 33.3 Å². The number of benzene rings is 2. The number of aromatic amines is 2. The molecule has 0 radical (unpaired) electrons. The highest BCUT2D eigenvalue weighted by Gasteiger charge is 2.11. The quantitative estimate of drug-likeness (QED) is 0.470. The van der Waals surface area contributed by atoms with Crippen LogP contribution in [0.3, 0.4) is 0 Å². The maximum atomic E-state index is 4.67. The zero-order valence-electron chi connectivity index (χ0n) is 12.9. The van der Waals surface area contributed by atoms with Crippen LogP contribution in [0, 0.1) is 0 Å². The fourth-order valence-corrected chi connectivity index (χ4v) is 2.70. The van der Waals surface area contributed by atoms with Crippen molar-refractivity contribution in [3.8, 4) is 11.4 Å². The lowest BCUT2D eigenvalue weighted by molar-refractivity contribution is 0.959. The van der Waals surface area contributed by atoms with Gasteiger partial charge in [-0.25, -0.2) is 9.97 Å². The van der Waals surface area contributed by atoms with Crippen LogP contribution in [0.1, 0.15) is 0 Å². The lowest BCUT2D eigenvalue weighted by Crippen LogP contribution is -1.99. The summed E-state index contributed by atoms with van der Waals surface area (Å²) in [7, 11) is 0. The predicted molar refractivity (Wildman–Crippen MR) is 94.3 cm³/mol. The van der Waals surface area contributed by atoms with E-state index in [2.05, 4.69) is 40.9 Å². The molecule has 5 aromatic rings. The molecule has 0 aliphatic heterocycles. The Balaban J connectivity index is 1.62. The third kappa shape index (κ3) is 2.36. The predicted octanol–water partition coefficient (Wildman–Crippen LogP) is 3.03. The van der Waals surface area contributed by atoms with E-state index in [1.54, 1.807) is 6.20 Å². The number of nitrogens with zero attached hydrogens (tertiary/aromatic N) is 5. The Labute approximate surface area is 141 Å². The smallest absolute Gasteiger partial charge is 0.162 e. The van der Waals surface area contributed by atoms with Gasteiger partial charge in [0.1, 0.15) is 16.6 Å². The summed E-state index contributed by atoms with van der Waals surface area (Å²) in [5, 5.41) is 21.0. The molecule has 3 heterocycles. The van der Waals surface area contributed by atoms with Crippen LogP contribution in [0.25, 0.3) is 33.5 Å². The van der Waals surface area contributed by atoms with Crippen molar-refractivity contribution in [2.24, 2.45) is 0 Å². The molecular weight excluding hydrogens is 316 g/mol. The first-order valence-electron chi connectivity index (χ1n) is 7.71. The van der Waals surface area contributed by atoms with Crippen molar-refractivity contribution in [2.75, 3.05) is 5.32 Å². The van der Waals surface area contributed by atoms with Crippen LogP contribution in [0.5, 0.6) is 0 Å². The van der Waals surface area contributed by atoms with E-state index in [4.69, 9.17) is 0 Å². The van der Waals surface area contributed by atoms with E-state index in [0.29, 0.717) is 11.6 Å². The van der Waals surface area contributed by atoms with Gasteiger partial charge in [0.05, 0.1) is 11.7 Å². The Hall–Kier alpha value is -3.81. The van der Waals surface area contributed by atoms with Crippen LogP contribution in [-0.4, -0.2) is 35.6 Å². The Kier molecular flexibility index (Phi) is 2.93. The second kappa shape index (κ2) is 5.38. The highest BCUT2D eigenvalue weighted by molar-refractivity contribution is 5.89. The number of H-pyrrole nitrogens is 2. The third-order valence-electron chi connectivity index (χ3n) is 3.92. The SMILES string of the molecule is c1ccc(-c2nc(Nc3ccc4[nH]nnc4c3)c3[nH]ncc3n2)cc1. The van der Waals surface area contributed by atoms with E-state index < -0.39 is 0 Å². The van der Waals surface area contributed by atoms with E-state index in [1.807, 2.05) is 48.5 Å². The van der Waals surface area contributed by atoms with Crippen molar-refractivity contribution >= 4 is 33.6 Å². The van der Waals surface area contributed by atoms with Crippen LogP contribution in [0.2, 0.25) is 0 Å². The molecule has 8 heteroatoms. The monoisotopic (exact) mass is 328 g/mol. The average Bonchev–Trinajstić information content (AvgIpc) is 3.31. The fraction of sp³-hybridized carbons (Fsp3) is 0. The number of aromatic nitrogens is 7. The molecule has 0 spiro atoms. The molecule has 0 saturated heterocycles. The maximum absolute atomic E-state index is 4.67. The second-order valence-corrected chi connectivity index (χ2v) is 5.56. The molecule has 0 aliphatic carbocycles. The zero-order chi connectivity index (χ0) is 16.6. The molecule has 0 fully saturated rings. The van der Waals surface area contributed by atoms with Gasteiger partial charge < -0.3 is 5.32 Å². The molecule has 120 valence electrons. The van der Waals surface area contributed by atoms with Crippen molar-refractivity contribution in [3.05, 3.63) is 54.7 Å².